The number of rotatable bonds is 5. The average Bonchev–Trinajstić information content (AvgIpc) is 2.77. The summed E-state index contributed by atoms with van der Waals surface area (Å²) in [6, 6.07) is 2.05. The fraction of sp³-hybridized carbons (Fsp3) is 0.583. The summed E-state index contributed by atoms with van der Waals surface area (Å²) in [5.74, 6) is 0.806. The van der Waals surface area contributed by atoms with Gasteiger partial charge < -0.3 is 10.1 Å². The van der Waals surface area contributed by atoms with Crippen LogP contribution in [0.4, 0.5) is 0 Å². The van der Waals surface area contributed by atoms with Gasteiger partial charge in [0.1, 0.15) is 0 Å². The monoisotopic (exact) mass is 284 g/mol. The number of hydrogen-bond acceptors (Lipinski definition) is 3. The molecule has 1 saturated heterocycles. The van der Waals surface area contributed by atoms with Gasteiger partial charge in [0.2, 0.25) is 0 Å². The molecule has 1 aliphatic rings. The molecule has 0 aromatic carbocycles. The van der Waals surface area contributed by atoms with Gasteiger partial charge in [-0.3, -0.25) is 4.98 Å². The number of ether oxygens (including phenoxy) is 1. The van der Waals surface area contributed by atoms with Crippen molar-refractivity contribution in [3.63, 3.8) is 0 Å². The van der Waals surface area contributed by atoms with Gasteiger partial charge in [0.05, 0.1) is 6.61 Å². The predicted octanol–water partition coefficient (Wildman–Crippen LogP) is 2.36. The van der Waals surface area contributed by atoms with E-state index in [0.717, 1.165) is 35.5 Å². The molecule has 0 bridgehead atoms. The molecule has 2 rings (SSSR count). The molecular weight excluding hydrogens is 268 g/mol. The van der Waals surface area contributed by atoms with Gasteiger partial charge in [-0.25, -0.2) is 0 Å². The molecule has 1 aromatic heterocycles. The minimum absolute atomic E-state index is 0.659. The van der Waals surface area contributed by atoms with Crippen molar-refractivity contribution >= 4 is 15.9 Å². The minimum atomic E-state index is 0.659. The van der Waals surface area contributed by atoms with Crippen LogP contribution in [0.5, 0.6) is 0 Å². The summed E-state index contributed by atoms with van der Waals surface area (Å²) in [6.45, 7) is 3.83. The number of halogens is 1. The Kier molecular flexibility index (Phi) is 4.75. The van der Waals surface area contributed by atoms with Crippen molar-refractivity contribution in [1.82, 2.24) is 10.3 Å². The zero-order chi connectivity index (χ0) is 11.2. The Morgan fingerprint density at radius 3 is 3.19 bits per heavy atom. The highest BCUT2D eigenvalue weighted by atomic mass is 79.9. The molecule has 16 heavy (non-hydrogen) atoms. The van der Waals surface area contributed by atoms with Crippen LogP contribution in [0.2, 0.25) is 0 Å². The highest BCUT2D eigenvalue weighted by molar-refractivity contribution is 9.10. The lowest BCUT2D eigenvalue weighted by Crippen LogP contribution is -2.10. The number of nitrogens with zero attached hydrogens (tertiary/aromatic N) is 1. The van der Waals surface area contributed by atoms with E-state index >= 15 is 0 Å². The lowest BCUT2D eigenvalue weighted by Gasteiger charge is -2.08. The lowest BCUT2D eigenvalue weighted by molar-refractivity contribution is 0.109. The van der Waals surface area contributed by atoms with Gasteiger partial charge >= 0.3 is 0 Å². The number of nitrogens with one attached hydrogen (secondary N) is 1. The Balaban J connectivity index is 1.64. The van der Waals surface area contributed by atoms with Crippen LogP contribution in [0.3, 0.4) is 0 Å². The van der Waals surface area contributed by atoms with E-state index in [1.807, 2.05) is 12.3 Å². The van der Waals surface area contributed by atoms with Gasteiger partial charge in [-0.15, -0.1) is 0 Å². The Hall–Kier alpha value is -0.450. The molecule has 1 fully saturated rings. The maximum Gasteiger partial charge on any atom is 0.0732 e. The van der Waals surface area contributed by atoms with E-state index in [0.29, 0.717) is 6.61 Å². The van der Waals surface area contributed by atoms with Crippen molar-refractivity contribution in [2.45, 2.75) is 19.4 Å². The molecule has 1 aliphatic heterocycles. The van der Waals surface area contributed by atoms with Gasteiger partial charge in [0.15, 0.2) is 0 Å². The highest BCUT2D eigenvalue weighted by Gasteiger charge is 2.13. The molecule has 0 amide bonds. The fourth-order valence-corrected chi connectivity index (χ4v) is 2.35. The van der Waals surface area contributed by atoms with Crippen molar-refractivity contribution < 1.29 is 4.74 Å². The Morgan fingerprint density at radius 1 is 1.50 bits per heavy atom. The molecule has 0 spiro atoms. The van der Waals surface area contributed by atoms with Crippen LogP contribution in [0.15, 0.2) is 22.9 Å². The summed E-state index contributed by atoms with van der Waals surface area (Å²) in [7, 11) is 0. The normalized spacial score (nSPS) is 20.2. The number of hydrogen-bond donors (Lipinski definition) is 1. The first-order valence-electron chi connectivity index (χ1n) is 5.72. The first kappa shape index (κ1) is 12.0. The Labute approximate surface area is 105 Å². The smallest absolute Gasteiger partial charge is 0.0732 e. The summed E-state index contributed by atoms with van der Waals surface area (Å²) in [4.78, 5) is 4.10. The van der Waals surface area contributed by atoms with E-state index in [-0.39, 0.29) is 0 Å². The van der Waals surface area contributed by atoms with Crippen molar-refractivity contribution in [2.24, 2.45) is 5.92 Å². The van der Waals surface area contributed by atoms with Crippen LogP contribution < -0.4 is 5.32 Å². The summed E-state index contributed by atoms with van der Waals surface area (Å²) in [5, 5.41) is 3.37. The fourth-order valence-electron chi connectivity index (χ4n) is 1.94. The molecular formula is C12H17BrN2O. The second-order valence-corrected chi connectivity index (χ2v) is 5.13. The van der Waals surface area contributed by atoms with E-state index in [9.17, 15) is 0 Å². The molecule has 88 valence electrons. The SMILES string of the molecule is Brc1cncc(COCCC2CCNC2)c1. The molecule has 0 saturated carbocycles. The standard InChI is InChI=1S/C12H17BrN2O/c13-12-5-11(7-15-8-12)9-16-4-2-10-1-3-14-6-10/h5,7-8,10,14H,1-4,6,9H2. The zero-order valence-corrected chi connectivity index (χ0v) is 10.9. The van der Waals surface area contributed by atoms with Gasteiger partial charge in [-0.1, -0.05) is 0 Å². The number of pyridine rings is 1. The van der Waals surface area contributed by atoms with Crippen LogP contribution in [0.1, 0.15) is 18.4 Å². The topological polar surface area (TPSA) is 34.1 Å². The van der Waals surface area contributed by atoms with Crippen LogP contribution in [0, 0.1) is 5.92 Å². The second kappa shape index (κ2) is 6.33. The first-order chi connectivity index (χ1) is 7.84. The molecule has 1 atom stereocenters. The van der Waals surface area contributed by atoms with E-state index in [1.54, 1.807) is 6.20 Å². The van der Waals surface area contributed by atoms with Crippen molar-refractivity contribution in [2.75, 3.05) is 19.7 Å². The lowest BCUT2D eigenvalue weighted by atomic mass is 10.1. The van der Waals surface area contributed by atoms with Gasteiger partial charge in [-0.2, -0.15) is 0 Å². The summed E-state index contributed by atoms with van der Waals surface area (Å²) < 4.78 is 6.66. The van der Waals surface area contributed by atoms with E-state index < -0.39 is 0 Å². The van der Waals surface area contributed by atoms with E-state index in [2.05, 4.69) is 26.2 Å². The third-order valence-electron chi connectivity index (χ3n) is 2.86. The molecule has 2 heterocycles. The number of aromatic nitrogens is 1. The maximum atomic E-state index is 5.65. The van der Waals surface area contributed by atoms with Gasteiger partial charge in [-0.05, 0) is 59.4 Å². The van der Waals surface area contributed by atoms with E-state index in [4.69, 9.17) is 4.74 Å². The molecule has 3 nitrogen and oxygen atoms in total. The average molecular weight is 285 g/mol. The van der Waals surface area contributed by atoms with Crippen LogP contribution >= 0.6 is 15.9 Å². The van der Waals surface area contributed by atoms with Crippen LogP contribution in [-0.2, 0) is 11.3 Å². The van der Waals surface area contributed by atoms with Gasteiger partial charge in [0, 0.05) is 23.5 Å². The third-order valence-corrected chi connectivity index (χ3v) is 3.30. The molecule has 1 N–H and O–H groups in total. The maximum absolute atomic E-state index is 5.65. The molecule has 0 radical (unpaired) electrons. The van der Waals surface area contributed by atoms with Crippen LogP contribution in [-0.4, -0.2) is 24.7 Å². The molecule has 1 unspecified atom stereocenters. The minimum Gasteiger partial charge on any atom is -0.377 e. The first-order valence-corrected chi connectivity index (χ1v) is 6.52. The van der Waals surface area contributed by atoms with Crippen LogP contribution in [0.25, 0.3) is 0 Å². The van der Waals surface area contributed by atoms with Crippen molar-refractivity contribution in [1.29, 1.82) is 0 Å². The summed E-state index contributed by atoms with van der Waals surface area (Å²) >= 11 is 3.40. The quantitative estimate of drug-likeness (QED) is 0.843. The summed E-state index contributed by atoms with van der Waals surface area (Å²) in [5.41, 5.74) is 1.12. The van der Waals surface area contributed by atoms with Crippen molar-refractivity contribution in [3.8, 4) is 0 Å². The molecule has 1 aromatic rings. The van der Waals surface area contributed by atoms with Gasteiger partial charge in [0.25, 0.3) is 0 Å². The second-order valence-electron chi connectivity index (χ2n) is 4.21. The van der Waals surface area contributed by atoms with Crippen molar-refractivity contribution in [3.05, 3.63) is 28.5 Å². The Bertz CT molecular complexity index is 327. The molecule has 0 aliphatic carbocycles. The molecule has 4 heteroatoms. The highest BCUT2D eigenvalue weighted by Crippen LogP contribution is 2.13. The largest absolute Gasteiger partial charge is 0.377 e. The van der Waals surface area contributed by atoms with E-state index in [1.165, 1.54) is 13.0 Å². The summed E-state index contributed by atoms with van der Waals surface area (Å²) in [6.07, 6.45) is 6.09. The Morgan fingerprint density at radius 2 is 2.44 bits per heavy atom. The third kappa shape index (κ3) is 3.85. The predicted molar refractivity (Wildman–Crippen MR) is 67.2 cm³/mol. The zero-order valence-electron chi connectivity index (χ0n) is 9.29.